The number of nitrogens with zero attached hydrogens (tertiary/aromatic N) is 2. The minimum atomic E-state index is -4.26. The molecule has 0 aliphatic carbocycles. The lowest BCUT2D eigenvalue weighted by molar-refractivity contribution is 0.0696. The Morgan fingerprint density at radius 2 is 1.51 bits per heavy atom. The number of aryl methyl sites for hydroxylation is 1. The maximum atomic E-state index is 13.3. The highest BCUT2D eigenvalue weighted by Crippen LogP contribution is 2.29. The van der Waals surface area contributed by atoms with Crippen molar-refractivity contribution in [3.05, 3.63) is 50.7 Å². The van der Waals surface area contributed by atoms with Crippen LogP contribution in [0.4, 0.5) is 0 Å². The van der Waals surface area contributed by atoms with Crippen molar-refractivity contribution >= 4 is 60.7 Å². The molecule has 12 heteroatoms. The fraction of sp³-hybridized carbons (Fsp3) is 0.548. The van der Waals surface area contributed by atoms with Gasteiger partial charge in [0.05, 0.1) is 27.4 Å². The van der Waals surface area contributed by atoms with E-state index in [9.17, 15) is 18.3 Å². The molecule has 238 valence electrons. The molecule has 0 radical (unpaired) electrons. The maximum Gasteiger partial charge on any atom is 0.335 e. The van der Waals surface area contributed by atoms with Gasteiger partial charge in [-0.25, -0.2) is 4.79 Å². The minimum absolute atomic E-state index is 0.0814. The molecule has 43 heavy (non-hydrogen) atoms. The Balaban J connectivity index is 1.51. The number of aromatic nitrogens is 1. The molecule has 3 aromatic rings. The standard InChI is InChI=1S/C31H43Cl2N3O5S2/c1-3-4-5-6-7-8-9-10-11-12-13-14-15-16-19-41-26-18-17-23(30(37)38)20-28(26)43(39,40)35-34-31-36(2)29-25(33)21-24(32)22-27(29)42-31/h17-18,20-22,35H,3-16,19H2,1-2H3,(H,37,38). The van der Waals surface area contributed by atoms with Gasteiger partial charge in [0.1, 0.15) is 10.6 Å². The highest BCUT2D eigenvalue weighted by atomic mass is 35.5. The van der Waals surface area contributed by atoms with Gasteiger partial charge in [-0.1, -0.05) is 125 Å². The molecular formula is C31H43Cl2N3O5S2. The summed E-state index contributed by atoms with van der Waals surface area (Å²) < 4.78 is 34.8. The molecule has 1 aromatic heterocycles. The predicted octanol–water partition coefficient (Wildman–Crippen LogP) is 8.90. The molecule has 2 aromatic carbocycles. The van der Waals surface area contributed by atoms with Crippen LogP contribution >= 0.6 is 34.5 Å². The molecule has 8 nitrogen and oxygen atoms in total. The monoisotopic (exact) mass is 671 g/mol. The Hall–Kier alpha value is -2.27. The van der Waals surface area contributed by atoms with Crippen LogP contribution in [0.25, 0.3) is 10.2 Å². The first-order valence-corrected chi connectivity index (χ1v) is 18.2. The number of carbonyl (C=O) groups is 1. The lowest BCUT2D eigenvalue weighted by atomic mass is 10.0. The number of aromatic carboxylic acids is 1. The van der Waals surface area contributed by atoms with Crippen molar-refractivity contribution in [2.24, 2.45) is 12.1 Å². The number of carboxylic acid groups (broad SMARTS) is 1. The van der Waals surface area contributed by atoms with Crippen molar-refractivity contribution in [2.75, 3.05) is 6.61 Å². The van der Waals surface area contributed by atoms with E-state index in [-0.39, 0.29) is 16.2 Å². The average Bonchev–Trinajstić information content (AvgIpc) is 3.28. The van der Waals surface area contributed by atoms with Crippen molar-refractivity contribution in [1.29, 1.82) is 0 Å². The van der Waals surface area contributed by atoms with Crippen LogP contribution in [-0.4, -0.2) is 30.7 Å². The smallest absolute Gasteiger partial charge is 0.335 e. The van der Waals surface area contributed by atoms with E-state index in [1.165, 1.54) is 94.1 Å². The topological polar surface area (TPSA) is 110 Å². The molecule has 2 N–H and O–H groups in total. The molecule has 1 heterocycles. The Bertz CT molecular complexity index is 1520. The molecule has 3 rings (SSSR count). The molecule has 0 spiro atoms. The van der Waals surface area contributed by atoms with Gasteiger partial charge >= 0.3 is 5.97 Å². The first-order chi connectivity index (χ1) is 20.6. The van der Waals surface area contributed by atoms with Crippen LogP contribution in [0.5, 0.6) is 5.75 Å². The Labute approximate surface area is 269 Å². The van der Waals surface area contributed by atoms with E-state index >= 15 is 0 Å². The van der Waals surface area contributed by atoms with E-state index in [0.717, 1.165) is 30.0 Å². The molecule has 0 saturated heterocycles. The van der Waals surface area contributed by atoms with Gasteiger partial charge in [-0.05, 0) is 36.8 Å². The third-order valence-corrected chi connectivity index (χ3v) is 10.1. The maximum absolute atomic E-state index is 13.3. The summed E-state index contributed by atoms with van der Waals surface area (Å²) in [5.74, 6) is -1.16. The average molecular weight is 673 g/mol. The zero-order valence-electron chi connectivity index (χ0n) is 25.0. The number of thiazole rings is 1. The molecule has 0 atom stereocenters. The van der Waals surface area contributed by atoms with Gasteiger partial charge in [-0.2, -0.15) is 13.2 Å². The second-order valence-corrected chi connectivity index (χ2v) is 14.3. The number of hydrogen-bond donors (Lipinski definition) is 2. The third-order valence-electron chi connectivity index (χ3n) is 7.31. The number of carboxylic acids is 1. The number of unbranched alkanes of at least 4 members (excludes halogenated alkanes) is 13. The molecule has 0 unspecified atom stereocenters. The van der Waals surface area contributed by atoms with Gasteiger partial charge in [0.2, 0.25) is 4.80 Å². The van der Waals surface area contributed by atoms with E-state index in [0.29, 0.717) is 27.0 Å². The molecule has 0 aliphatic rings. The Morgan fingerprint density at radius 1 is 0.930 bits per heavy atom. The summed E-state index contributed by atoms with van der Waals surface area (Å²) >= 11 is 13.6. The van der Waals surface area contributed by atoms with Crippen LogP contribution in [0, 0.1) is 0 Å². The second kappa shape index (κ2) is 17.9. The first kappa shape index (κ1) is 35.2. The van der Waals surface area contributed by atoms with Crippen LogP contribution in [0.15, 0.2) is 40.3 Å². The molecule has 0 amide bonds. The zero-order valence-corrected chi connectivity index (χ0v) is 28.2. The highest BCUT2D eigenvalue weighted by Gasteiger charge is 2.22. The number of hydrogen-bond acceptors (Lipinski definition) is 6. The summed E-state index contributed by atoms with van der Waals surface area (Å²) in [7, 11) is -2.55. The van der Waals surface area contributed by atoms with Gasteiger partial charge < -0.3 is 14.4 Å². The number of ether oxygens (including phenoxy) is 1. The van der Waals surface area contributed by atoms with E-state index in [1.54, 1.807) is 23.7 Å². The van der Waals surface area contributed by atoms with Gasteiger partial charge in [-0.15, -0.1) is 5.10 Å². The summed E-state index contributed by atoms with van der Waals surface area (Å²) in [5, 5.41) is 14.4. The van der Waals surface area contributed by atoms with Crippen molar-refractivity contribution in [2.45, 2.75) is 102 Å². The van der Waals surface area contributed by atoms with Crippen molar-refractivity contribution < 1.29 is 23.1 Å². The fourth-order valence-electron chi connectivity index (χ4n) is 4.90. The summed E-state index contributed by atoms with van der Waals surface area (Å²) in [6.45, 7) is 2.58. The largest absolute Gasteiger partial charge is 0.492 e. The minimum Gasteiger partial charge on any atom is -0.492 e. The molecule has 0 bridgehead atoms. The van der Waals surface area contributed by atoms with Crippen LogP contribution in [0.2, 0.25) is 10.0 Å². The first-order valence-electron chi connectivity index (χ1n) is 15.1. The molecule has 0 aliphatic heterocycles. The van der Waals surface area contributed by atoms with E-state index < -0.39 is 16.0 Å². The Morgan fingerprint density at radius 3 is 2.09 bits per heavy atom. The predicted molar refractivity (Wildman–Crippen MR) is 176 cm³/mol. The summed E-state index contributed by atoms with van der Waals surface area (Å²) in [5.41, 5.74) is 0.497. The number of rotatable bonds is 20. The second-order valence-electron chi connectivity index (χ2n) is 10.8. The summed E-state index contributed by atoms with van der Waals surface area (Å²) in [6.07, 6.45) is 17.3. The van der Waals surface area contributed by atoms with Gasteiger partial charge in [-0.3, -0.25) is 0 Å². The van der Waals surface area contributed by atoms with E-state index in [2.05, 4.69) is 16.9 Å². The van der Waals surface area contributed by atoms with E-state index in [1.807, 2.05) is 0 Å². The van der Waals surface area contributed by atoms with Crippen LogP contribution in [-0.2, 0) is 17.1 Å². The van der Waals surface area contributed by atoms with Crippen molar-refractivity contribution in [1.82, 2.24) is 9.40 Å². The van der Waals surface area contributed by atoms with Crippen molar-refractivity contribution in [3.63, 3.8) is 0 Å². The third kappa shape index (κ3) is 11.0. The van der Waals surface area contributed by atoms with Gasteiger partial charge in [0.25, 0.3) is 10.0 Å². The fourth-order valence-corrected chi connectivity index (χ4v) is 7.73. The quantitative estimate of drug-likeness (QED) is 0.0920. The molecule has 0 fully saturated rings. The lowest BCUT2D eigenvalue weighted by Crippen LogP contribution is -2.24. The molecule has 0 saturated carbocycles. The van der Waals surface area contributed by atoms with Crippen molar-refractivity contribution in [3.8, 4) is 5.75 Å². The highest BCUT2D eigenvalue weighted by molar-refractivity contribution is 7.89. The SMILES string of the molecule is CCCCCCCCCCCCCCCCOc1ccc(C(=O)O)cc1S(=O)(=O)NN=c1sc2cc(Cl)cc(Cl)c2n1C. The lowest BCUT2D eigenvalue weighted by Gasteiger charge is -2.12. The van der Waals surface area contributed by atoms with Gasteiger partial charge in [0, 0.05) is 12.1 Å². The number of benzene rings is 2. The van der Waals surface area contributed by atoms with Crippen LogP contribution in [0.1, 0.15) is 107 Å². The zero-order chi connectivity index (χ0) is 31.2. The number of halogens is 2. The van der Waals surface area contributed by atoms with Crippen LogP contribution < -0.4 is 14.4 Å². The number of sulfonamides is 1. The number of nitrogens with one attached hydrogen (secondary N) is 1. The normalized spacial score (nSPS) is 12.2. The molecular weight excluding hydrogens is 629 g/mol. The summed E-state index contributed by atoms with van der Waals surface area (Å²) in [4.78, 5) is 13.9. The van der Waals surface area contributed by atoms with E-state index in [4.69, 9.17) is 27.9 Å². The summed E-state index contributed by atoms with van der Waals surface area (Å²) in [6, 6.07) is 7.12. The Kier molecular flexibility index (Phi) is 14.6. The van der Waals surface area contributed by atoms with Crippen LogP contribution in [0.3, 0.4) is 0 Å². The van der Waals surface area contributed by atoms with Gasteiger partial charge in [0.15, 0.2) is 0 Å². The number of fused-ring (bicyclic) bond motifs is 1.